The van der Waals surface area contributed by atoms with Crippen LogP contribution in [0.15, 0.2) is 12.2 Å². The summed E-state index contributed by atoms with van der Waals surface area (Å²) in [5.74, 6) is 0.374. The van der Waals surface area contributed by atoms with Crippen LogP contribution in [0.5, 0.6) is 0 Å². The van der Waals surface area contributed by atoms with E-state index in [4.69, 9.17) is 5.11 Å². The van der Waals surface area contributed by atoms with Crippen LogP contribution in [0.4, 0.5) is 0 Å². The fraction of sp³-hybridized carbons (Fsp3) is 0.625. The third-order valence-electron chi connectivity index (χ3n) is 1.91. The molecule has 1 fully saturated rings. The molecule has 0 radical (unpaired) electrons. The normalized spacial score (nSPS) is 21.3. The highest BCUT2D eigenvalue weighted by molar-refractivity contribution is 5.79. The highest BCUT2D eigenvalue weighted by Crippen LogP contribution is 2.36. The smallest absolute Gasteiger partial charge is 0.327 e. The maximum absolute atomic E-state index is 10.1. The fourth-order valence-corrected chi connectivity index (χ4v) is 1.01. The quantitative estimate of drug-likeness (QED) is 0.605. The molecule has 1 atom stereocenters. The summed E-state index contributed by atoms with van der Waals surface area (Å²) in [6, 6.07) is 0. The van der Waals surface area contributed by atoms with E-state index in [0.717, 1.165) is 5.92 Å². The summed E-state index contributed by atoms with van der Waals surface area (Å²) in [5, 5.41) is 8.28. The van der Waals surface area contributed by atoms with Crippen molar-refractivity contribution in [3.63, 3.8) is 0 Å². The van der Waals surface area contributed by atoms with E-state index in [1.165, 1.54) is 18.9 Å². The van der Waals surface area contributed by atoms with Crippen molar-refractivity contribution in [3.05, 3.63) is 12.2 Å². The summed E-state index contributed by atoms with van der Waals surface area (Å²) >= 11 is 0. The van der Waals surface area contributed by atoms with Gasteiger partial charge in [-0.3, -0.25) is 0 Å². The summed E-state index contributed by atoms with van der Waals surface area (Å²) in [7, 11) is 0. The van der Waals surface area contributed by atoms with Crippen molar-refractivity contribution < 1.29 is 9.90 Å². The molecule has 1 aliphatic carbocycles. The first-order valence-corrected chi connectivity index (χ1v) is 3.61. The third-order valence-corrected chi connectivity index (χ3v) is 1.91. The predicted octanol–water partition coefficient (Wildman–Crippen LogP) is 1.67. The number of allylic oxidation sites excluding steroid dienone is 1. The molecule has 56 valence electrons. The zero-order chi connectivity index (χ0) is 7.56. The van der Waals surface area contributed by atoms with Gasteiger partial charge >= 0.3 is 5.97 Å². The van der Waals surface area contributed by atoms with Gasteiger partial charge < -0.3 is 5.11 Å². The van der Waals surface area contributed by atoms with Crippen LogP contribution < -0.4 is 0 Å². The Labute approximate surface area is 60.6 Å². The molecule has 1 saturated carbocycles. The molecule has 0 aliphatic heterocycles. The van der Waals surface area contributed by atoms with E-state index >= 15 is 0 Å². The lowest BCUT2D eigenvalue weighted by Crippen LogP contribution is -1.94. The first-order valence-electron chi connectivity index (χ1n) is 3.61. The summed E-state index contributed by atoms with van der Waals surface area (Å²) in [4.78, 5) is 10.1. The SMILES string of the molecule is CC(/C=C/C(=O)O)C1CC1. The van der Waals surface area contributed by atoms with E-state index in [2.05, 4.69) is 6.92 Å². The molecule has 0 aromatic heterocycles. The molecule has 0 bridgehead atoms. The van der Waals surface area contributed by atoms with Gasteiger partial charge in [-0.05, 0) is 24.7 Å². The molecule has 0 aromatic carbocycles. The first kappa shape index (κ1) is 7.32. The van der Waals surface area contributed by atoms with Crippen molar-refractivity contribution >= 4 is 5.97 Å². The highest BCUT2D eigenvalue weighted by atomic mass is 16.4. The number of hydrogen-bond acceptors (Lipinski definition) is 1. The summed E-state index contributed by atoms with van der Waals surface area (Å²) in [5.41, 5.74) is 0. The number of hydrogen-bond donors (Lipinski definition) is 1. The molecule has 0 saturated heterocycles. The standard InChI is InChI=1S/C8H12O2/c1-6(7-3-4-7)2-5-8(9)10/h2,5-7H,3-4H2,1H3,(H,9,10)/b5-2+. The molecule has 1 rings (SSSR count). The van der Waals surface area contributed by atoms with Crippen LogP contribution in [0.1, 0.15) is 19.8 Å². The van der Waals surface area contributed by atoms with Crippen molar-refractivity contribution in [2.24, 2.45) is 11.8 Å². The Kier molecular flexibility index (Phi) is 2.10. The van der Waals surface area contributed by atoms with E-state index in [1.54, 1.807) is 6.08 Å². The number of carboxylic acid groups (broad SMARTS) is 1. The van der Waals surface area contributed by atoms with Crippen molar-refractivity contribution in [2.75, 3.05) is 0 Å². The van der Waals surface area contributed by atoms with E-state index in [0.29, 0.717) is 5.92 Å². The number of carbonyl (C=O) groups is 1. The van der Waals surface area contributed by atoms with Gasteiger partial charge in [0, 0.05) is 6.08 Å². The Morgan fingerprint density at radius 2 is 2.30 bits per heavy atom. The molecule has 0 amide bonds. The van der Waals surface area contributed by atoms with Gasteiger partial charge in [0.05, 0.1) is 0 Å². The van der Waals surface area contributed by atoms with Crippen LogP contribution in [0.2, 0.25) is 0 Å². The summed E-state index contributed by atoms with van der Waals surface area (Å²) in [6.45, 7) is 2.07. The molecule has 2 heteroatoms. The van der Waals surface area contributed by atoms with Gasteiger partial charge in [-0.2, -0.15) is 0 Å². The number of rotatable bonds is 3. The van der Waals surface area contributed by atoms with E-state index in [9.17, 15) is 4.79 Å². The zero-order valence-electron chi connectivity index (χ0n) is 6.08. The monoisotopic (exact) mass is 140 g/mol. The molecular weight excluding hydrogens is 128 g/mol. The van der Waals surface area contributed by atoms with Crippen LogP contribution >= 0.6 is 0 Å². The van der Waals surface area contributed by atoms with Gasteiger partial charge in [0.2, 0.25) is 0 Å². The molecule has 1 aliphatic rings. The summed E-state index contributed by atoms with van der Waals surface area (Å²) < 4.78 is 0. The van der Waals surface area contributed by atoms with Crippen LogP contribution in [0.25, 0.3) is 0 Å². The van der Waals surface area contributed by atoms with Crippen LogP contribution in [0.3, 0.4) is 0 Å². The largest absolute Gasteiger partial charge is 0.478 e. The second-order valence-electron chi connectivity index (χ2n) is 2.89. The minimum atomic E-state index is -0.840. The van der Waals surface area contributed by atoms with Crippen LogP contribution in [-0.4, -0.2) is 11.1 Å². The first-order chi connectivity index (χ1) is 4.70. The Balaban J connectivity index is 2.28. The minimum Gasteiger partial charge on any atom is -0.478 e. The average molecular weight is 140 g/mol. The topological polar surface area (TPSA) is 37.3 Å². The van der Waals surface area contributed by atoms with Gasteiger partial charge in [0.1, 0.15) is 0 Å². The third kappa shape index (κ3) is 2.21. The van der Waals surface area contributed by atoms with E-state index in [-0.39, 0.29) is 0 Å². The predicted molar refractivity (Wildman–Crippen MR) is 38.7 cm³/mol. The Hall–Kier alpha value is -0.790. The molecule has 1 N–H and O–H groups in total. The molecule has 1 unspecified atom stereocenters. The maximum atomic E-state index is 10.1. The number of carboxylic acids is 1. The molecule has 0 heterocycles. The lowest BCUT2D eigenvalue weighted by molar-refractivity contribution is -0.131. The zero-order valence-corrected chi connectivity index (χ0v) is 6.08. The van der Waals surface area contributed by atoms with Crippen molar-refractivity contribution in [1.82, 2.24) is 0 Å². The molecule has 2 nitrogen and oxygen atoms in total. The Morgan fingerprint density at radius 3 is 2.70 bits per heavy atom. The van der Waals surface area contributed by atoms with Gasteiger partial charge in [0.15, 0.2) is 0 Å². The lowest BCUT2D eigenvalue weighted by Gasteiger charge is -1.99. The fourth-order valence-electron chi connectivity index (χ4n) is 1.01. The molecule has 10 heavy (non-hydrogen) atoms. The molecule has 0 spiro atoms. The van der Waals surface area contributed by atoms with E-state index < -0.39 is 5.97 Å². The minimum absolute atomic E-state index is 0.455. The molecular formula is C8H12O2. The van der Waals surface area contributed by atoms with E-state index in [1.807, 2.05) is 0 Å². The average Bonchev–Trinajstić information content (AvgIpc) is 2.63. The van der Waals surface area contributed by atoms with Crippen molar-refractivity contribution in [1.29, 1.82) is 0 Å². The van der Waals surface area contributed by atoms with Crippen molar-refractivity contribution in [2.45, 2.75) is 19.8 Å². The van der Waals surface area contributed by atoms with Gasteiger partial charge in [-0.15, -0.1) is 0 Å². The van der Waals surface area contributed by atoms with Crippen LogP contribution in [-0.2, 0) is 4.79 Å². The number of aliphatic carboxylic acids is 1. The molecule has 0 aromatic rings. The maximum Gasteiger partial charge on any atom is 0.327 e. The second-order valence-corrected chi connectivity index (χ2v) is 2.89. The van der Waals surface area contributed by atoms with Gasteiger partial charge in [0.25, 0.3) is 0 Å². The second kappa shape index (κ2) is 2.86. The van der Waals surface area contributed by atoms with Crippen molar-refractivity contribution in [3.8, 4) is 0 Å². The summed E-state index contributed by atoms with van der Waals surface area (Å²) in [6.07, 6.45) is 5.55. The Morgan fingerprint density at radius 1 is 1.70 bits per heavy atom. The lowest BCUT2D eigenvalue weighted by atomic mass is 10.1. The Bertz CT molecular complexity index is 157. The van der Waals surface area contributed by atoms with Gasteiger partial charge in [-0.1, -0.05) is 13.0 Å². The highest BCUT2D eigenvalue weighted by Gasteiger charge is 2.25. The van der Waals surface area contributed by atoms with Crippen LogP contribution in [0, 0.1) is 11.8 Å². The van der Waals surface area contributed by atoms with Gasteiger partial charge in [-0.25, -0.2) is 4.79 Å².